The molecule has 0 spiro atoms. The molecule has 1 aliphatic rings. The first-order valence-electron chi connectivity index (χ1n) is 9.88. The van der Waals surface area contributed by atoms with Gasteiger partial charge < -0.3 is 15.4 Å². The minimum absolute atomic E-state index is 0.0300. The van der Waals surface area contributed by atoms with Crippen LogP contribution >= 0.6 is 0 Å². The molecule has 2 amide bonds. The van der Waals surface area contributed by atoms with Gasteiger partial charge in [0.2, 0.25) is 5.91 Å². The zero-order valence-electron chi connectivity index (χ0n) is 16.1. The Morgan fingerprint density at radius 1 is 1.14 bits per heavy atom. The van der Waals surface area contributed by atoms with Crippen molar-refractivity contribution in [3.63, 3.8) is 0 Å². The lowest BCUT2D eigenvalue weighted by molar-refractivity contribution is -0.116. The molecule has 3 aromatic rings. The molecular weight excluding hydrogens is 366 g/mol. The summed E-state index contributed by atoms with van der Waals surface area (Å²) >= 11 is 0. The fourth-order valence-corrected chi connectivity index (χ4v) is 3.47. The monoisotopic (exact) mass is 389 g/mol. The summed E-state index contributed by atoms with van der Waals surface area (Å²) in [6, 6.07) is 15.2. The van der Waals surface area contributed by atoms with Gasteiger partial charge in [-0.3, -0.25) is 14.6 Å². The Labute approximate surface area is 169 Å². The molecule has 0 bridgehead atoms. The number of aromatic nitrogens is 1. The molecule has 2 N–H and O–H groups in total. The number of pyridine rings is 1. The van der Waals surface area contributed by atoms with Crippen LogP contribution in [-0.2, 0) is 11.2 Å². The number of carbonyl (C=O) groups excluding carboxylic acids is 2. The Bertz CT molecular complexity index is 1040. The number of para-hydroxylation sites is 1. The van der Waals surface area contributed by atoms with Crippen LogP contribution in [0.3, 0.4) is 0 Å². The Hall–Kier alpha value is -3.41. The second-order valence-electron chi connectivity index (χ2n) is 7.06. The van der Waals surface area contributed by atoms with E-state index in [0.29, 0.717) is 31.6 Å². The van der Waals surface area contributed by atoms with E-state index < -0.39 is 0 Å². The Morgan fingerprint density at radius 3 is 2.97 bits per heavy atom. The van der Waals surface area contributed by atoms with Gasteiger partial charge in [-0.1, -0.05) is 18.2 Å². The van der Waals surface area contributed by atoms with Gasteiger partial charge in [-0.05, 0) is 55.2 Å². The lowest BCUT2D eigenvalue weighted by Gasteiger charge is -2.11. The van der Waals surface area contributed by atoms with Crippen molar-refractivity contribution in [2.24, 2.45) is 0 Å². The molecule has 0 unspecified atom stereocenters. The SMILES string of the molecule is O=C1CCCc2cc(C(=O)NCCCOc3cccc4cccnc34)ccc2N1. The van der Waals surface area contributed by atoms with Gasteiger partial charge in [-0.15, -0.1) is 0 Å². The van der Waals surface area contributed by atoms with E-state index in [2.05, 4.69) is 15.6 Å². The van der Waals surface area contributed by atoms with Crippen molar-refractivity contribution < 1.29 is 14.3 Å². The van der Waals surface area contributed by atoms with Crippen molar-refractivity contribution in [3.8, 4) is 5.75 Å². The molecule has 29 heavy (non-hydrogen) atoms. The van der Waals surface area contributed by atoms with E-state index >= 15 is 0 Å². The second-order valence-corrected chi connectivity index (χ2v) is 7.06. The van der Waals surface area contributed by atoms with Crippen molar-refractivity contribution >= 4 is 28.4 Å². The summed E-state index contributed by atoms with van der Waals surface area (Å²) in [6.07, 6.45) is 4.55. The highest BCUT2D eigenvalue weighted by Gasteiger charge is 2.15. The van der Waals surface area contributed by atoms with Crippen LogP contribution in [0.2, 0.25) is 0 Å². The Balaban J connectivity index is 1.28. The van der Waals surface area contributed by atoms with E-state index in [1.165, 1.54) is 0 Å². The number of hydrogen-bond acceptors (Lipinski definition) is 4. The number of ether oxygens (including phenoxy) is 1. The zero-order valence-corrected chi connectivity index (χ0v) is 16.1. The van der Waals surface area contributed by atoms with Crippen LogP contribution in [0.25, 0.3) is 10.9 Å². The molecule has 148 valence electrons. The van der Waals surface area contributed by atoms with Gasteiger partial charge in [0.05, 0.1) is 6.61 Å². The maximum atomic E-state index is 12.4. The van der Waals surface area contributed by atoms with Crippen LogP contribution in [0.4, 0.5) is 5.69 Å². The molecule has 0 fully saturated rings. The second kappa shape index (κ2) is 8.73. The molecule has 0 saturated heterocycles. The van der Waals surface area contributed by atoms with Crippen LogP contribution in [-0.4, -0.2) is 29.9 Å². The first kappa shape index (κ1) is 18.9. The summed E-state index contributed by atoms with van der Waals surface area (Å²) in [5, 5.41) is 6.86. The first-order valence-corrected chi connectivity index (χ1v) is 9.88. The van der Waals surface area contributed by atoms with E-state index in [1.54, 1.807) is 12.3 Å². The van der Waals surface area contributed by atoms with Gasteiger partial charge in [0, 0.05) is 35.8 Å². The number of aryl methyl sites for hydroxylation is 1. The lowest BCUT2D eigenvalue weighted by atomic mass is 10.0. The summed E-state index contributed by atoms with van der Waals surface area (Å²) in [7, 11) is 0. The Kier molecular flexibility index (Phi) is 5.70. The molecule has 0 saturated carbocycles. The summed E-state index contributed by atoms with van der Waals surface area (Å²) in [5.74, 6) is 0.666. The van der Waals surface area contributed by atoms with Gasteiger partial charge in [0.15, 0.2) is 0 Å². The molecule has 0 atom stereocenters. The molecule has 6 nitrogen and oxygen atoms in total. The van der Waals surface area contributed by atoms with E-state index in [-0.39, 0.29) is 11.8 Å². The summed E-state index contributed by atoms with van der Waals surface area (Å²) in [4.78, 5) is 28.4. The quantitative estimate of drug-likeness (QED) is 0.630. The molecule has 1 aliphatic heterocycles. The minimum atomic E-state index is -0.116. The zero-order chi connectivity index (χ0) is 20.1. The lowest BCUT2D eigenvalue weighted by Crippen LogP contribution is -2.25. The normalized spacial score (nSPS) is 13.3. The molecule has 1 aromatic heterocycles. The van der Waals surface area contributed by atoms with E-state index in [9.17, 15) is 9.59 Å². The number of nitrogens with zero attached hydrogens (tertiary/aromatic N) is 1. The highest BCUT2D eigenvalue weighted by molar-refractivity contribution is 5.97. The third-order valence-electron chi connectivity index (χ3n) is 4.95. The van der Waals surface area contributed by atoms with Gasteiger partial charge >= 0.3 is 0 Å². The molecule has 4 rings (SSSR count). The highest BCUT2D eigenvalue weighted by Crippen LogP contribution is 2.24. The maximum absolute atomic E-state index is 12.4. The highest BCUT2D eigenvalue weighted by atomic mass is 16.5. The summed E-state index contributed by atoms with van der Waals surface area (Å²) in [5.41, 5.74) is 3.27. The number of anilines is 1. The van der Waals surface area contributed by atoms with Crippen LogP contribution < -0.4 is 15.4 Å². The number of benzene rings is 2. The standard InChI is InChI=1S/C23H23N3O3/c27-21-9-2-6-17-15-18(10-11-19(17)26-21)23(28)25-13-4-14-29-20-8-1-5-16-7-3-12-24-22(16)20/h1,3,5,7-8,10-12,15H,2,4,6,9,13-14H2,(H,25,28)(H,26,27). The molecule has 2 heterocycles. The van der Waals surface area contributed by atoms with E-state index in [0.717, 1.165) is 40.7 Å². The number of nitrogens with one attached hydrogen (secondary N) is 2. The molecule has 6 heteroatoms. The van der Waals surface area contributed by atoms with Crippen molar-refractivity contribution in [1.29, 1.82) is 0 Å². The fraction of sp³-hybridized carbons (Fsp3) is 0.261. The van der Waals surface area contributed by atoms with E-state index in [1.807, 2.05) is 42.5 Å². The topological polar surface area (TPSA) is 80.3 Å². The predicted octanol–water partition coefficient (Wildman–Crippen LogP) is 3.71. The average Bonchev–Trinajstić information content (AvgIpc) is 2.93. The number of hydrogen-bond donors (Lipinski definition) is 2. The fourth-order valence-electron chi connectivity index (χ4n) is 3.47. The van der Waals surface area contributed by atoms with Crippen LogP contribution in [0.1, 0.15) is 35.2 Å². The average molecular weight is 389 g/mol. The number of fused-ring (bicyclic) bond motifs is 2. The molecule has 0 radical (unpaired) electrons. The third-order valence-corrected chi connectivity index (χ3v) is 4.95. The first-order chi connectivity index (χ1) is 14.2. The van der Waals surface area contributed by atoms with Gasteiger partial charge in [0.25, 0.3) is 5.91 Å². The van der Waals surface area contributed by atoms with Gasteiger partial charge in [-0.2, -0.15) is 0 Å². The molecule has 2 aromatic carbocycles. The predicted molar refractivity (Wildman–Crippen MR) is 112 cm³/mol. The number of carbonyl (C=O) groups is 2. The van der Waals surface area contributed by atoms with E-state index in [4.69, 9.17) is 4.74 Å². The minimum Gasteiger partial charge on any atom is -0.491 e. The van der Waals surface area contributed by atoms with Crippen LogP contribution in [0, 0.1) is 0 Å². The third kappa shape index (κ3) is 4.54. The van der Waals surface area contributed by atoms with Crippen molar-refractivity contribution in [3.05, 3.63) is 65.9 Å². The molecular formula is C23H23N3O3. The smallest absolute Gasteiger partial charge is 0.251 e. The largest absolute Gasteiger partial charge is 0.491 e. The van der Waals surface area contributed by atoms with Crippen molar-refractivity contribution in [2.75, 3.05) is 18.5 Å². The number of rotatable bonds is 6. The molecule has 0 aliphatic carbocycles. The number of amides is 2. The van der Waals surface area contributed by atoms with Gasteiger partial charge in [-0.25, -0.2) is 0 Å². The van der Waals surface area contributed by atoms with Crippen molar-refractivity contribution in [1.82, 2.24) is 10.3 Å². The van der Waals surface area contributed by atoms with Gasteiger partial charge in [0.1, 0.15) is 11.3 Å². The van der Waals surface area contributed by atoms with Crippen LogP contribution in [0.5, 0.6) is 5.75 Å². The Morgan fingerprint density at radius 2 is 2.03 bits per heavy atom. The maximum Gasteiger partial charge on any atom is 0.251 e. The van der Waals surface area contributed by atoms with Crippen LogP contribution in [0.15, 0.2) is 54.7 Å². The van der Waals surface area contributed by atoms with Crippen molar-refractivity contribution in [2.45, 2.75) is 25.7 Å². The summed E-state index contributed by atoms with van der Waals surface area (Å²) in [6.45, 7) is 1.01. The summed E-state index contributed by atoms with van der Waals surface area (Å²) < 4.78 is 5.85.